The van der Waals surface area contributed by atoms with E-state index in [1.807, 2.05) is 0 Å². The Morgan fingerprint density at radius 1 is 1.36 bits per heavy atom. The molecule has 0 radical (unpaired) electrons. The Morgan fingerprint density at radius 3 is 2.55 bits per heavy atom. The van der Waals surface area contributed by atoms with Gasteiger partial charge in [0.25, 0.3) is 0 Å². The topological polar surface area (TPSA) is 6.48 Å². The molecule has 0 amide bonds. The van der Waals surface area contributed by atoms with Crippen molar-refractivity contribution in [3.63, 3.8) is 0 Å². The van der Waals surface area contributed by atoms with Crippen molar-refractivity contribution < 1.29 is 0 Å². The van der Waals surface area contributed by atoms with Gasteiger partial charge in [-0.25, -0.2) is 0 Å². The summed E-state index contributed by atoms with van der Waals surface area (Å²) in [5.41, 5.74) is 0. The predicted molar refractivity (Wildman–Crippen MR) is 48.1 cm³/mol. The normalized spacial score (nSPS) is 19.5. The maximum Gasteiger partial charge on any atom is 0.0785 e. The molecule has 0 aromatic rings. The van der Waals surface area contributed by atoms with Crippen LogP contribution in [0.25, 0.3) is 0 Å². The van der Waals surface area contributed by atoms with Crippen LogP contribution in [-0.4, -0.2) is 36.6 Å². The lowest BCUT2D eigenvalue weighted by atomic mass is 10.3. The quantitative estimate of drug-likeness (QED) is 0.588. The largest absolute Gasteiger partial charge is 0.359 e. The van der Waals surface area contributed by atoms with E-state index in [0.29, 0.717) is 6.17 Å². The van der Waals surface area contributed by atoms with Crippen molar-refractivity contribution in [2.45, 2.75) is 13.1 Å². The SMILES string of the molecule is CC(N(C)C)N1C=CC=CC1. The van der Waals surface area contributed by atoms with Crippen LogP contribution in [0.4, 0.5) is 0 Å². The molecule has 1 unspecified atom stereocenters. The van der Waals surface area contributed by atoms with Gasteiger partial charge in [0.2, 0.25) is 0 Å². The second-order valence-electron chi connectivity index (χ2n) is 3.06. The van der Waals surface area contributed by atoms with Crippen molar-refractivity contribution in [3.8, 4) is 0 Å². The highest BCUT2D eigenvalue weighted by molar-refractivity contribution is 5.09. The molecule has 62 valence electrons. The first kappa shape index (κ1) is 8.34. The molecule has 11 heavy (non-hydrogen) atoms. The minimum atomic E-state index is 0.483. The maximum absolute atomic E-state index is 2.29. The van der Waals surface area contributed by atoms with Gasteiger partial charge in [0.05, 0.1) is 6.17 Å². The zero-order chi connectivity index (χ0) is 8.27. The van der Waals surface area contributed by atoms with Gasteiger partial charge in [-0.05, 0) is 27.1 Å². The second kappa shape index (κ2) is 3.58. The van der Waals surface area contributed by atoms with Gasteiger partial charge in [-0.2, -0.15) is 0 Å². The standard InChI is InChI=1S/C9H16N2/c1-9(10(2)3)11-7-5-4-6-8-11/h4-7,9H,8H2,1-3H3. The second-order valence-corrected chi connectivity index (χ2v) is 3.06. The van der Waals surface area contributed by atoms with E-state index in [1.165, 1.54) is 0 Å². The summed E-state index contributed by atoms with van der Waals surface area (Å²) in [5, 5.41) is 0. The lowest BCUT2D eigenvalue weighted by molar-refractivity contribution is 0.151. The molecule has 0 N–H and O–H groups in total. The Kier molecular flexibility index (Phi) is 2.71. The molecule has 2 heteroatoms. The predicted octanol–water partition coefficient (Wildman–Crippen LogP) is 1.28. The smallest absolute Gasteiger partial charge is 0.0785 e. The fourth-order valence-electron chi connectivity index (χ4n) is 1.06. The highest BCUT2D eigenvalue weighted by Crippen LogP contribution is 2.05. The number of rotatable bonds is 2. The summed E-state index contributed by atoms with van der Waals surface area (Å²) in [4.78, 5) is 4.49. The fourth-order valence-corrected chi connectivity index (χ4v) is 1.06. The molecule has 0 bridgehead atoms. The Balaban J connectivity index is 2.48. The van der Waals surface area contributed by atoms with E-state index in [-0.39, 0.29) is 0 Å². The molecule has 1 atom stereocenters. The van der Waals surface area contributed by atoms with Crippen LogP contribution in [0.5, 0.6) is 0 Å². The lowest BCUT2D eigenvalue weighted by Gasteiger charge is -2.32. The molecule has 1 aliphatic rings. The first-order valence-corrected chi connectivity index (χ1v) is 3.97. The van der Waals surface area contributed by atoms with Crippen LogP contribution < -0.4 is 0 Å². The zero-order valence-electron chi connectivity index (χ0n) is 7.49. The van der Waals surface area contributed by atoms with E-state index in [1.54, 1.807) is 0 Å². The van der Waals surface area contributed by atoms with Crippen molar-refractivity contribution in [2.24, 2.45) is 0 Å². The van der Waals surface area contributed by atoms with Crippen LogP contribution >= 0.6 is 0 Å². The highest BCUT2D eigenvalue weighted by Gasteiger charge is 2.10. The summed E-state index contributed by atoms with van der Waals surface area (Å²) in [7, 11) is 4.19. The molecule has 0 saturated heterocycles. The van der Waals surface area contributed by atoms with E-state index >= 15 is 0 Å². The molecular weight excluding hydrogens is 136 g/mol. The summed E-state index contributed by atoms with van der Waals surface area (Å²) in [5.74, 6) is 0. The molecule has 0 aromatic carbocycles. The molecule has 1 rings (SSSR count). The van der Waals surface area contributed by atoms with Gasteiger partial charge < -0.3 is 4.90 Å². The van der Waals surface area contributed by atoms with Crippen LogP contribution in [-0.2, 0) is 0 Å². The molecule has 2 nitrogen and oxygen atoms in total. The fraction of sp³-hybridized carbons (Fsp3) is 0.556. The van der Waals surface area contributed by atoms with Crippen molar-refractivity contribution in [2.75, 3.05) is 20.6 Å². The number of hydrogen-bond donors (Lipinski definition) is 0. The molecule has 0 saturated carbocycles. The van der Waals surface area contributed by atoms with Crippen LogP contribution in [0.2, 0.25) is 0 Å². The molecule has 0 aromatic heterocycles. The summed E-state index contributed by atoms with van der Waals surface area (Å²) >= 11 is 0. The van der Waals surface area contributed by atoms with Gasteiger partial charge in [0.15, 0.2) is 0 Å². The van der Waals surface area contributed by atoms with Gasteiger partial charge >= 0.3 is 0 Å². The van der Waals surface area contributed by atoms with E-state index in [9.17, 15) is 0 Å². The van der Waals surface area contributed by atoms with Crippen LogP contribution in [0.3, 0.4) is 0 Å². The Hall–Kier alpha value is -0.760. The van der Waals surface area contributed by atoms with Gasteiger partial charge in [-0.1, -0.05) is 12.2 Å². The van der Waals surface area contributed by atoms with Crippen molar-refractivity contribution in [3.05, 3.63) is 24.4 Å². The average molecular weight is 152 g/mol. The number of nitrogens with zero attached hydrogens (tertiary/aromatic N) is 2. The van der Waals surface area contributed by atoms with E-state index < -0.39 is 0 Å². The zero-order valence-corrected chi connectivity index (χ0v) is 7.49. The molecule has 1 heterocycles. The van der Waals surface area contributed by atoms with Gasteiger partial charge in [-0.15, -0.1) is 0 Å². The van der Waals surface area contributed by atoms with Gasteiger partial charge in [0, 0.05) is 12.7 Å². The third kappa shape index (κ3) is 2.09. The summed E-state index contributed by atoms with van der Waals surface area (Å²) in [6, 6.07) is 0. The monoisotopic (exact) mass is 152 g/mol. The van der Waals surface area contributed by atoms with E-state index in [2.05, 4.69) is 55.2 Å². The maximum atomic E-state index is 2.29. The Morgan fingerprint density at radius 2 is 2.09 bits per heavy atom. The summed E-state index contributed by atoms with van der Waals surface area (Å²) in [6.07, 6.45) is 8.93. The van der Waals surface area contributed by atoms with E-state index in [0.717, 1.165) is 6.54 Å². The third-order valence-electron chi connectivity index (χ3n) is 2.07. The Labute approximate surface area is 68.8 Å². The minimum Gasteiger partial charge on any atom is -0.359 e. The van der Waals surface area contributed by atoms with Gasteiger partial charge in [0.1, 0.15) is 0 Å². The average Bonchev–Trinajstić information content (AvgIpc) is 2.05. The first-order valence-electron chi connectivity index (χ1n) is 3.97. The van der Waals surface area contributed by atoms with Crippen LogP contribution in [0.1, 0.15) is 6.92 Å². The third-order valence-corrected chi connectivity index (χ3v) is 2.07. The minimum absolute atomic E-state index is 0.483. The Bertz CT molecular complexity index is 170. The lowest BCUT2D eigenvalue weighted by Crippen LogP contribution is -2.40. The highest BCUT2D eigenvalue weighted by atomic mass is 15.3. The molecule has 0 aliphatic carbocycles. The molecule has 1 aliphatic heterocycles. The van der Waals surface area contributed by atoms with Crippen molar-refractivity contribution in [1.29, 1.82) is 0 Å². The summed E-state index contributed by atoms with van der Waals surface area (Å²) in [6.45, 7) is 3.22. The van der Waals surface area contributed by atoms with E-state index in [4.69, 9.17) is 0 Å². The molecular formula is C9H16N2. The molecule has 0 fully saturated rings. The van der Waals surface area contributed by atoms with Crippen LogP contribution in [0.15, 0.2) is 24.4 Å². The molecule has 0 spiro atoms. The number of allylic oxidation sites excluding steroid dienone is 2. The summed E-state index contributed by atoms with van der Waals surface area (Å²) < 4.78 is 0. The van der Waals surface area contributed by atoms with Crippen LogP contribution in [0, 0.1) is 0 Å². The first-order chi connectivity index (χ1) is 5.22. The van der Waals surface area contributed by atoms with Crippen molar-refractivity contribution in [1.82, 2.24) is 9.80 Å². The van der Waals surface area contributed by atoms with Crippen molar-refractivity contribution >= 4 is 0 Å². The van der Waals surface area contributed by atoms with Gasteiger partial charge in [-0.3, -0.25) is 4.90 Å². The number of hydrogen-bond acceptors (Lipinski definition) is 2.